The van der Waals surface area contributed by atoms with Crippen molar-refractivity contribution >= 4 is 0 Å². The van der Waals surface area contributed by atoms with Crippen LogP contribution in [0.3, 0.4) is 0 Å². The average Bonchev–Trinajstić information content (AvgIpc) is 3.05. The fourth-order valence-corrected chi connectivity index (χ4v) is 1.86. The molecular weight excluding hydrogens is 186 g/mol. The molecule has 0 radical (unpaired) electrons. The van der Waals surface area contributed by atoms with E-state index in [0.29, 0.717) is 6.04 Å². The first-order chi connectivity index (χ1) is 7.34. The smallest absolute Gasteiger partial charge is 0.0620 e. The molecule has 2 N–H and O–H groups in total. The molecule has 1 rings (SSSR count). The Morgan fingerprint density at radius 2 is 1.80 bits per heavy atom. The fraction of sp³-hybridized carbons (Fsp3) is 1.00. The summed E-state index contributed by atoms with van der Waals surface area (Å²) >= 11 is 0. The van der Waals surface area contributed by atoms with Gasteiger partial charge in [0.05, 0.1) is 6.61 Å². The summed E-state index contributed by atoms with van der Waals surface area (Å²) in [6.45, 7) is 3.94. The summed E-state index contributed by atoms with van der Waals surface area (Å²) in [5.41, 5.74) is 5.93. The van der Waals surface area contributed by atoms with E-state index < -0.39 is 0 Å². The lowest BCUT2D eigenvalue weighted by molar-refractivity contribution is 0.112. The Labute approximate surface area is 94.6 Å². The van der Waals surface area contributed by atoms with Crippen molar-refractivity contribution in [2.75, 3.05) is 13.2 Å². The monoisotopic (exact) mass is 213 g/mol. The van der Waals surface area contributed by atoms with Crippen LogP contribution in [0.15, 0.2) is 0 Å². The molecule has 15 heavy (non-hydrogen) atoms. The molecular formula is C13H27NO. The van der Waals surface area contributed by atoms with Crippen LogP contribution < -0.4 is 5.73 Å². The van der Waals surface area contributed by atoms with Crippen molar-refractivity contribution in [3.8, 4) is 0 Å². The van der Waals surface area contributed by atoms with E-state index in [2.05, 4.69) is 6.92 Å². The third-order valence-corrected chi connectivity index (χ3v) is 3.18. The predicted octanol–water partition coefficient (Wildman–Crippen LogP) is 3.10. The Hall–Kier alpha value is -0.0800. The van der Waals surface area contributed by atoms with Gasteiger partial charge in [-0.2, -0.15) is 0 Å². The molecule has 0 aliphatic heterocycles. The minimum atomic E-state index is 0.310. The minimum absolute atomic E-state index is 0.310. The molecule has 0 saturated heterocycles. The van der Waals surface area contributed by atoms with Crippen molar-refractivity contribution in [2.24, 2.45) is 11.7 Å². The molecule has 0 heterocycles. The Morgan fingerprint density at radius 3 is 2.47 bits per heavy atom. The van der Waals surface area contributed by atoms with Gasteiger partial charge in [0.15, 0.2) is 0 Å². The number of ether oxygens (including phenoxy) is 1. The van der Waals surface area contributed by atoms with Gasteiger partial charge in [-0.1, -0.05) is 39.0 Å². The Kier molecular flexibility index (Phi) is 7.03. The van der Waals surface area contributed by atoms with Gasteiger partial charge < -0.3 is 10.5 Å². The second-order valence-corrected chi connectivity index (χ2v) is 4.84. The summed E-state index contributed by atoms with van der Waals surface area (Å²) in [6, 6.07) is 0.310. The van der Waals surface area contributed by atoms with Crippen LogP contribution in [0.5, 0.6) is 0 Å². The highest BCUT2D eigenvalue weighted by Crippen LogP contribution is 2.31. The minimum Gasteiger partial charge on any atom is -0.380 e. The standard InChI is InChI=1S/C13H27NO/c1-2-3-4-5-6-7-10-15-11-13(14)12-8-9-12/h12-13H,2-11,14H2,1H3. The van der Waals surface area contributed by atoms with E-state index in [-0.39, 0.29) is 0 Å². The zero-order valence-electron chi connectivity index (χ0n) is 10.2. The molecule has 90 valence electrons. The number of hydrogen-bond donors (Lipinski definition) is 1. The van der Waals surface area contributed by atoms with Crippen LogP contribution in [0.1, 0.15) is 58.3 Å². The number of unbranched alkanes of at least 4 members (excludes halogenated alkanes) is 5. The van der Waals surface area contributed by atoms with Gasteiger partial charge in [-0.05, 0) is 25.2 Å². The third kappa shape index (κ3) is 6.91. The fourth-order valence-electron chi connectivity index (χ4n) is 1.86. The highest BCUT2D eigenvalue weighted by molar-refractivity contribution is 4.83. The van der Waals surface area contributed by atoms with Gasteiger partial charge in [0.2, 0.25) is 0 Å². The lowest BCUT2D eigenvalue weighted by Crippen LogP contribution is -2.28. The Bertz CT molecular complexity index is 145. The quantitative estimate of drug-likeness (QED) is 0.566. The summed E-state index contributed by atoms with van der Waals surface area (Å²) in [5, 5.41) is 0. The van der Waals surface area contributed by atoms with E-state index in [9.17, 15) is 0 Å². The van der Waals surface area contributed by atoms with Crippen LogP contribution in [0.2, 0.25) is 0 Å². The van der Waals surface area contributed by atoms with Gasteiger partial charge in [-0.25, -0.2) is 0 Å². The number of nitrogens with two attached hydrogens (primary N) is 1. The zero-order chi connectivity index (χ0) is 10.9. The van der Waals surface area contributed by atoms with Crippen molar-refractivity contribution in [2.45, 2.75) is 64.3 Å². The molecule has 0 aromatic heterocycles. The molecule has 1 unspecified atom stereocenters. The van der Waals surface area contributed by atoms with Crippen molar-refractivity contribution in [3.63, 3.8) is 0 Å². The SMILES string of the molecule is CCCCCCCCOCC(N)C1CC1. The first-order valence-electron chi connectivity index (χ1n) is 6.68. The first kappa shape index (κ1) is 13.0. The molecule has 2 heteroatoms. The molecule has 1 atom stereocenters. The van der Waals surface area contributed by atoms with E-state index in [1.807, 2.05) is 0 Å². The molecule has 0 aromatic carbocycles. The van der Waals surface area contributed by atoms with Crippen molar-refractivity contribution in [3.05, 3.63) is 0 Å². The summed E-state index contributed by atoms with van der Waals surface area (Å²) in [7, 11) is 0. The van der Waals surface area contributed by atoms with Gasteiger partial charge in [-0.3, -0.25) is 0 Å². The maximum atomic E-state index is 5.93. The third-order valence-electron chi connectivity index (χ3n) is 3.18. The topological polar surface area (TPSA) is 35.2 Å². The van der Waals surface area contributed by atoms with Gasteiger partial charge >= 0.3 is 0 Å². The zero-order valence-corrected chi connectivity index (χ0v) is 10.2. The summed E-state index contributed by atoms with van der Waals surface area (Å²) in [4.78, 5) is 0. The summed E-state index contributed by atoms with van der Waals surface area (Å²) in [6.07, 6.45) is 10.6. The van der Waals surface area contributed by atoms with E-state index in [0.717, 1.165) is 19.1 Å². The van der Waals surface area contributed by atoms with E-state index in [4.69, 9.17) is 10.5 Å². The van der Waals surface area contributed by atoms with E-state index in [1.54, 1.807) is 0 Å². The van der Waals surface area contributed by atoms with Crippen LogP contribution >= 0.6 is 0 Å². The summed E-state index contributed by atoms with van der Waals surface area (Å²) < 4.78 is 5.58. The van der Waals surface area contributed by atoms with Gasteiger partial charge in [0.25, 0.3) is 0 Å². The highest BCUT2D eigenvalue weighted by Gasteiger charge is 2.28. The molecule has 0 aromatic rings. The van der Waals surface area contributed by atoms with Gasteiger partial charge in [0, 0.05) is 12.6 Å². The van der Waals surface area contributed by atoms with Crippen LogP contribution in [-0.2, 0) is 4.74 Å². The van der Waals surface area contributed by atoms with Crippen molar-refractivity contribution < 1.29 is 4.74 Å². The van der Waals surface area contributed by atoms with Crippen LogP contribution in [-0.4, -0.2) is 19.3 Å². The van der Waals surface area contributed by atoms with Crippen LogP contribution in [0.4, 0.5) is 0 Å². The Morgan fingerprint density at radius 1 is 1.13 bits per heavy atom. The lowest BCUT2D eigenvalue weighted by Gasteiger charge is -2.10. The molecule has 1 saturated carbocycles. The van der Waals surface area contributed by atoms with Gasteiger partial charge in [0.1, 0.15) is 0 Å². The van der Waals surface area contributed by atoms with Crippen LogP contribution in [0.25, 0.3) is 0 Å². The van der Waals surface area contributed by atoms with Gasteiger partial charge in [-0.15, -0.1) is 0 Å². The first-order valence-corrected chi connectivity index (χ1v) is 6.68. The normalized spacial score (nSPS) is 18.0. The highest BCUT2D eigenvalue weighted by atomic mass is 16.5. The number of rotatable bonds is 10. The second-order valence-electron chi connectivity index (χ2n) is 4.84. The predicted molar refractivity (Wildman–Crippen MR) is 64.9 cm³/mol. The summed E-state index contributed by atoms with van der Waals surface area (Å²) in [5.74, 6) is 0.773. The molecule has 2 nitrogen and oxygen atoms in total. The van der Waals surface area contributed by atoms with E-state index in [1.165, 1.54) is 51.4 Å². The number of hydrogen-bond acceptors (Lipinski definition) is 2. The molecule has 1 fully saturated rings. The molecule has 0 amide bonds. The molecule has 0 spiro atoms. The largest absolute Gasteiger partial charge is 0.380 e. The molecule has 1 aliphatic carbocycles. The van der Waals surface area contributed by atoms with Crippen molar-refractivity contribution in [1.82, 2.24) is 0 Å². The molecule has 1 aliphatic rings. The maximum Gasteiger partial charge on any atom is 0.0620 e. The Balaban J connectivity index is 1.72. The maximum absolute atomic E-state index is 5.93. The van der Waals surface area contributed by atoms with Crippen LogP contribution in [0, 0.1) is 5.92 Å². The second kappa shape index (κ2) is 8.12. The van der Waals surface area contributed by atoms with Crippen molar-refractivity contribution in [1.29, 1.82) is 0 Å². The average molecular weight is 213 g/mol. The molecule has 0 bridgehead atoms. The van der Waals surface area contributed by atoms with E-state index >= 15 is 0 Å². The lowest BCUT2D eigenvalue weighted by atomic mass is 10.1.